The molecule has 0 bridgehead atoms. The van der Waals surface area contributed by atoms with Crippen LogP contribution in [0.2, 0.25) is 0 Å². The van der Waals surface area contributed by atoms with E-state index in [0.29, 0.717) is 22.8 Å². The summed E-state index contributed by atoms with van der Waals surface area (Å²) in [6, 6.07) is 0. The summed E-state index contributed by atoms with van der Waals surface area (Å²) in [4.78, 5) is 24.8. The number of alkyl halides is 1. The number of aromatic amines is 1. The molecule has 0 saturated heterocycles. The molecule has 1 N–H and O–H groups in total. The van der Waals surface area contributed by atoms with Gasteiger partial charge in [0.05, 0.1) is 4.47 Å². The standard InChI is InChI=1S/C10H14BrClN2O2/c1-7(2-4-12)3-5-14-6-8(11)9(15)13-10(14)16/h6-7H,2-5H2,1H3,(H,13,15,16). The van der Waals surface area contributed by atoms with Crippen LogP contribution in [0.15, 0.2) is 20.3 Å². The molecule has 1 unspecified atom stereocenters. The number of hydrogen-bond donors (Lipinski definition) is 1. The lowest BCUT2D eigenvalue weighted by atomic mass is 10.1. The first-order valence-electron chi connectivity index (χ1n) is 5.10. The first-order chi connectivity index (χ1) is 7.54. The highest BCUT2D eigenvalue weighted by atomic mass is 79.9. The molecule has 0 fully saturated rings. The monoisotopic (exact) mass is 308 g/mol. The molecule has 0 saturated carbocycles. The van der Waals surface area contributed by atoms with Crippen molar-refractivity contribution in [3.8, 4) is 0 Å². The van der Waals surface area contributed by atoms with Gasteiger partial charge in [0.1, 0.15) is 0 Å². The van der Waals surface area contributed by atoms with Crippen molar-refractivity contribution in [1.29, 1.82) is 0 Å². The highest BCUT2D eigenvalue weighted by Crippen LogP contribution is 2.09. The van der Waals surface area contributed by atoms with E-state index in [0.717, 1.165) is 12.8 Å². The highest BCUT2D eigenvalue weighted by Gasteiger charge is 2.05. The van der Waals surface area contributed by atoms with Gasteiger partial charge < -0.3 is 0 Å². The molecule has 0 spiro atoms. The summed E-state index contributed by atoms with van der Waals surface area (Å²) in [5.41, 5.74) is -0.763. The molecule has 0 aromatic carbocycles. The number of halogens is 2. The summed E-state index contributed by atoms with van der Waals surface area (Å²) < 4.78 is 1.87. The molecule has 0 aliphatic carbocycles. The van der Waals surface area contributed by atoms with Crippen LogP contribution in [0.25, 0.3) is 0 Å². The molecular weight excluding hydrogens is 295 g/mol. The van der Waals surface area contributed by atoms with E-state index in [1.54, 1.807) is 0 Å². The summed E-state index contributed by atoms with van der Waals surface area (Å²) in [6.07, 6.45) is 3.32. The van der Waals surface area contributed by atoms with Crippen LogP contribution in [-0.4, -0.2) is 15.4 Å². The fourth-order valence-corrected chi connectivity index (χ4v) is 2.06. The van der Waals surface area contributed by atoms with Gasteiger partial charge in [-0.3, -0.25) is 14.3 Å². The lowest BCUT2D eigenvalue weighted by molar-refractivity contribution is 0.460. The van der Waals surface area contributed by atoms with Crippen LogP contribution in [0.1, 0.15) is 19.8 Å². The molecule has 4 nitrogen and oxygen atoms in total. The minimum atomic E-state index is -0.393. The van der Waals surface area contributed by atoms with Crippen molar-refractivity contribution in [1.82, 2.24) is 9.55 Å². The first-order valence-corrected chi connectivity index (χ1v) is 6.42. The fraction of sp³-hybridized carbons (Fsp3) is 0.600. The van der Waals surface area contributed by atoms with Crippen LogP contribution >= 0.6 is 27.5 Å². The molecule has 1 atom stereocenters. The normalized spacial score (nSPS) is 12.7. The van der Waals surface area contributed by atoms with Gasteiger partial charge in [0.2, 0.25) is 0 Å². The van der Waals surface area contributed by atoms with Crippen molar-refractivity contribution in [2.45, 2.75) is 26.3 Å². The molecule has 0 aliphatic rings. The van der Waals surface area contributed by atoms with Gasteiger partial charge in [-0.05, 0) is 34.7 Å². The zero-order chi connectivity index (χ0) is 12.1. The first kappa shape index (κ1) is 13.5. The number of rotatable bonds is 5. The van der Waals surface area contributed by atoms with Gasteiger partial charge in [-0.2, -0.15) is 0 Å². The van der Waals surface area contributed by atoms with E-state index >= 15 is 0 Å². The van der Waals surface area contributed by atoms with Gasteiger partial charge in [0.15, 0.2) is 0 Å². The lowest BCUT2D eigenvalue weighted by Crippen LogP contribution is -2.30. The number of aryl methyl sites for hydroxylation is 1. The van der Waals surface area contributed by atoms with Crippen molar-refractivity contribution in [2.24, 2.45) is 5.92 Å². The Morgan fingerprint density at radius 1 is 1.50 bits per heavy atom. The molecular formula is C10H14BrClN2O2. The Kier molecular flexibility index (Phi) is 5.28. The molecule has 1 rings (SSSR count). The van der Waals surface area contributed by atoms with Gasteiger partial charge in [0.25, 0.3) is 5.56 Å². The molecule has 6 heteroatoms. The summed E-state index contributed by atoms with van der Waals surface area (Å²) in [5.74, 6) is 1.10. The van der Waals surface area contributed by atoms with Crippen molar-refractivity contribution in [2.75, 3.05) is 5.88 Å². The van der Waals surface area contributed by atoms with E-state index in [-0.39, 0.29) is 5.69 Å². The van der Waals surface area contributed by atoms with Crippen molar-refractivity contribution in [3.05, 3.63) is 31.5 Å². The third-order valence-electron chi connectivity index (χ3n) is 2.43. The fourth-order valence-electron chi connectivity index (χ4n) is 1.34. The molecule has 0 aliphatic heterocycles. The van der Waals surface area contributed by atoms with E-state index < -0.39 is 5.56 Å². The molecule has 90 valence electrons. The average molecular weight is 310 g/mol. The Morgan fingerprint density at radius 3 is 2.81 bits per heavy atom. The molecule has 0 amide bonds. The zero-order valence-corrected chi connectivity index (χ0v) is 11.3. The number of nitrogens with zero attached hydrogens (tertiary/aromatic N) is 1. The Bertz CT molecular complexity index is 455. The second-order valence-electron chi connectivity index (χ2n) is 3.80. The smallest absolute Gasteiger partial charge is 0.299 e. The maximum Gasteiger partial charge on any atom is 0.328 e. The quantitative estimate of drug-likeness (QED) is 0.845. The molecule has 1 heterocycles. The minimum Gasteiger partial charge on any atom is -0.299 e. The minimum absolute atomic E-state index is 0.369. The van der Waals surface area contributed by atoms with Crippen LogP contribution < -0.4 is 11.2 Å². The average Bonchev–Trinajstić information content (AvgIpc) is 2.22. The van der Waals surface area contributed by atoms with Crippen molar-refractivity contribution >= 4 is 27.5 Å². The SMILES string of the molecule is CC(CCCl)CCn1cc(Br)c(=O)[nH]c1=O. The van der Waals surface area contributed by atoms with Gasteiger partial charge in [-0.25, -0.2) is 4.79 Å². The van der Waals surface area contributed by atoms with Crippen LogP contribution in [0, 0.1) is 5.92 Å². The second-order valence-corrected chi connectivity index (χ2v) is 5.03. The molecule has 1 aromatic rings. The predicted octanol–water partition coefficient (Wildman–Crippen LogP) is 1.95. The molecule has 16 heavy (non-hydrogen) atoms. The Labute approximate surface area is 107 Å². The third kappa shape index (κ3) is 3.79. The summed E-state index contributed by atoms with van der Waals surface area (Å²) >= 11 is 8.73. The summed E-state index contributed by atoms with van der Waals surface area (Å²) in [6.45, 7) is 2.68. The van der Waals surface area contributed by atoms with Crippen molar-refractivity contribution < 1.29 is 0 Å². The largest absolute Gasteiger partial charge is 0.328 e. The van der Waals surface area contributed by atoms with Crippen LogP contribution in [0.4, 0.5) is 0 Å². The maximum atomic E-state index is 11.4. The van der Waals surface area contributed by atoms with E-state index in [1.165, 1.54) is 10.8 Å². The van der Waals surface area contributed by atoms with Gasteiger partial charge in [-0.1, -0.05) is 6.92 Å². The van der Waals surface area contributed by atoms with E-state index in [9.17, 15) is 9.59 Å². The highest BCUT2D eigenvalue weighted by molar-refractivity contribution is 9.10. The second kappa shape index (κ2) is 6.25. The number of nitrogens with one attached hydrogen (secondary N) is 1. The van der Waals surface area contributed by atoms with Gasteiger partial charge in [0, 0.05) is 18.6 Å². The van der Waals surface area contributed by atoms with Crippen molar-refractivity contribution in [3.63, 3.8) is 0 Å². The lowest BCUT2D eigenvalue weighted by Gasteiger charge is -2.10. The predicted molar refractivity (Wildman–Crippen MR) is 68.1 cm³/mol. The molecule has 0 radical (unpaired) electrons. The number of hydrogen-bond acceptors (Lipinski definition) is 2. The number of H-pyrrole nitrogens is 1. The molecule has 1 aromatic heterocycles. The Hall–Kier alpha value is -0.550. The Balaban J connectivity index is 2.71. The van der Waals surface area contributed by atoms with Crippen LogP contribution in [0.5, 0.6) is 0 Å². The Morgan fingerprint density at radius 2 is 2.19 bits per heavy atom. The van der Waals surface area contributed by atoms with Crippen LogP contribution in [-0.2, 0) is 6.54 Å². The zero-order valence-electron chi connectivity index (χ0n) is 9.00. The van der Waals surface area contributed by atoms with E-state index in [1.807, 2.05) is 0 Å². The summed E-state index contributed by atoms with van der Waals surface area (Å²) in [5, 5.41) is 0. The van der Waals surface area contributed by atoms with E-state index in [2.05, 4.69) is 27.8 Å². The number of aromatic nitrogens is 2. The van der Waals surface area contributed by atoms with Crippen LogP contribution in [0.3, 0.4) is 0 Å². The third-order valence-corrected chi connectivity index (χ3v) is 3.22. The topological polar surface area (TPSA) is 54.9 Å². The maximum absolute atomic E-state index is 11.4. The van der Waals surface area contributed by atoms with Gasteiger partial charge >= 0.3 is 5.69 Å². The van der Waals surface area contributed by atoms with Gasteiger partial charge in [-0.15, -0.1) is 11.6 Å². The van der Waals surface area contributed by atoms with E-state index in [4.69, 9.17) is 11.6 Å². The summed E-state index contributed by atoms with van der Waals surface area (Å²) in [7, 11) is 0.